The number of alkyl halides is 2. The molecule has 7 heteroatoms. The summed E-state index contributed by atoms with van der Waals surface area (Å²) in [6, 6.07) is 11.7. The molecule has 0 fully saturated rings. The van der Waals surface area contributed by atoms with E-state index in [-0.39, 0.29) is 11.5 Å². The van der Waals surface area contributed by atoms with Gasteiger partial charge in [0.15, 0.2) is 0 Å². The number of benzene rings is 2. The third-order valence-corrected chi connectivity index (χ3v) is 2.93. The molecule has 2 aromatic rings. The number of amides is 1. The summed E-state index contributed by atoms with van der Waals surface area (Å²) in [5.41, 5.74) is 3.65. The number of carbonyl (C=O) groups excluding carboxylic acids is 1. The summed E-state index contributed by atoms with van der Waals surface area (Å²) in [6.07, 6.45) is 0. The van der Waals surface area contributed by atoms with Crippen LogP contribution in [-0.2, 0) is 0 Å². The van der Waals surface area contributed by atoms with Gasteiger partial charge in [0.2, 0.25) is 0 Å². The van der Waals surface area contributed by atoms with Gasteiger partial charge in [-0.05, 0) is 43.3 Å². The molecule has 0 saturated heterocycles. The molecule has 0 spiro atoms. The summed E-state index contributed by atoms with van der Waals surface area (Å²) in [4.78, 5) is 11.9. The summed E-state index contributed by atoms with van der Waals surface area (Å²) >= 11 is 0. The number of phenols is 1. The second kappa shape index (κ2) is 7.35. The molecule has 2 N–H and O–H groups in total. The monoisotopic (exact) mass is 320 g/mol. The maximum atomic E-state index is 12.2. The minimum Gasteiger partial charge on any atom is -0.508 e. The third kappa shape index (κ3) is 4.77. The van der Waals surface area contributed by atoms with Crippen LogP contribution in [0.5, 0.6) is 11.5 Å². The number of nitrogens with one attached hydrogen (secondary N) is 1. The highest BCUT2D eigenvalue weighted by atomic mass is 19.3. The number of nitrogens with zero attached hydrogens (tertiary/aromatic N) is 1. The van der Waals surface area contributed by atoms with Gasteiger partial charge in [-0.2, -0.15) is 13.9 Å². The van der Waals surface area contributed by atoms with E-state index in [0.29, 0.717) is 16.8 Å². The Balaban J connectivity index is 2.07. The van der Waals surface area contributed by atoms with Gasteiger partial charge in [-0.3, -0.25) is 4.79 Å². The number of hydrogen-bond donors (Lipinski definition) is 2. The lowest BCUT2D eigenvalue weighted by Gasteiger charge is -2.07. The predicted octanol–water partition coefficient (Wildman–Crippen LogP) is 3.15. The maximum Gasteiger partial charge on any atom is 0.387 e. The molecule has 1 amide bonds. The fourth-order valence-electron chi connectivity index (χ4n) is 1.77. The van der Waals surface area contributed by atoms with Crippen molar-refractivity contribution >= 4 is 11.6 Å². The standard InChI is InChI=1S/C16H14F2N2O3/c1-10(12-3-2-4-14(9-12)23-16(17)18)19-20-15(22)11-5-7-13(21)8-6-11/h2-9,16,21H,1H3,(H,20,22)/b19-10-. The Kier molecular flexibility index (Phi) is 5.24. The molecule has 0 aliphatic heterocycles. The van der Waals surface area contributed by atoms with Crippen LogP contribution >= 0.6 is 0 Å². The first kappa shape index (κ1) is 16.4. The summed E-state index contributed by atoms with van der Waals surface area (Å²) in [5, 5.41) is 13.1. The van der Waals surface area contributed by atoms with E-state index in [0.717, 1.165) is 0 Å². The van der Waals surface area contributed by atoms with Crippen molar-refractivity contribution in [3.05, 3.63) is 59.7 Å². The van der Waals surface area contributed by atoms with Crippen LogP contribution in [0, 0.1) is 0 Å². The number of rotatable bonds is 5. The zero-order valence-corrected chi connectivity index (χ0v) is 12.2. The van der Waals surface area contributed by atoms with E-state index in [1.165, 1.54) is 36.4 Å². The average molecular weight is 320 g/mol. The highest BCUT2D eigenvalue weighted by Crippen LogP contribution is 2.16. The number of halogens is 2. The van der Waals surface area contributed by atoms with Gasteiger partial charge >= 0.3 is 6.61 Å². The molecule has 5 nitrogen and oxygen atoms in total. The van der Waals surface area contributed by atoms with Crippen molar-refractivity contribution in [1.29, 1.82) is 0 Å². The molecule has 120 valence electrons. The molecule has 0 aliphatic carbocycles. The van der Waals surface area contributed by atoms with Gasteiger partial charge < -0.3 is 9.84 Å². The molecule has 0 aliphatic rings. The molecule has 2 rings (SSSR count). The van der Waals surface area contributed by atoms with Crippen molar-refractivity contribution < 1.29 is 23.4 Å². The molecule has 0 saturated carbocycles. The van der Waals surface area contributed by atoms with Gasteiger partial charge in [-0.1, -0.05) is 12.1 Å². The van der Waals surface area contributed by atoms with E-state index in [1.54, 1.807) is 19.1 Å². The number of hydrazone groups is 1. The van der Waals surface area contributed by atoms with Gasteiger partial charge in [0.25, 0.3) is 5.91 Å². The van der Waals surface area contributed by atoms with E-state index >= 15 is 0 Å². The van der Waals surface area contributed by atoms with Crippen molar-refractivity contribution in [3.63, 3.8) is 0 Å². The smallest absolute Gasteiger partial charge is 0.387 e. The van der Waals surface area contributed by atoms with Crippen LogP contribution in [0.25, 0.3) is 0 Å². The van der Waals surface area contributed by atoms with Crippen molar-refractivity contribution in [1.82, 2.24) is 5.43 Å². The molecule has 0 heterocycles. The number of phenolic OH excluding ortho intramolecular Hbond substituents is 1. The van der Waals surface area contributed by atoms with Crippen LogP contribution in [-0.4, -0.2) is 23.3 Å². The fourth-order valence-corrected chi connectivity index (χ4v) is 1.77. The molecule has 0 atom stereocenters. The van der Waals surface area contributed by atoms with E-state index in [9.17, 15) is 13.6 Å². The van der Waals surface area contributed by atoms with Crippen molar-refractivity contribution in [2.24, 2.45) is 5.10 Å². The Morgan fingerprint density at radius 1 is 1.17 bits per heavy atom. The average Bonchev–Trinajstić information content (AvgIpc) is 2.52. The summed E-state index contributed by atoms with van der Waals surface area (Å²) in [6.45, 7) is -1.28. The van der Waals surface area contributed by atoms with Crippen LogP contribution in [0.15, 0.2) is 53.6 Å². The minimum atomic E-state index is -2.91. The van der Waals surface area contributed by atoms with Crippen LogP contribution in [0.3, 0.4) is 0 Å². The molecule has 0 bridgehead atoms. The largest absolute Gasteiger partial charge is 0.508 e. The number of ether oxygens (including phenoxy) is 1. The zero-order chi connectivity index (χ0) is 16.8. The Labute approximate surface area is 131 Å². The molecule has 23 heavy (non-hydrogen) atoms. The molecular formula is C16H14F2N2O3. The summed E-state index contributed by atoms with van der Waals surface area (Å²) in [7, 11) is 0. The van der Waals surface area contributed by atoms with Crippen molar-refractivity contribution in [2.45, 2.75) is 13.5 Å². The first-order valence-electron chi connectivity index (χ1n) is 6.64. The Morgan fingerprint density at radius 2 is 1.87 bits per heavy atom. The van der Waals surface area contributed by atoms with Crippen LogP contribution in [0.1, 0.15) is 22.8 Å². The Bertz CT molecular complexity index is 716. The van der Waals surface area contributed by atoms with Gasteiger partial charge in [-0.25, -0.2) is 5.43 Å². The van der Waals surface area contributed by atoms with E-state index in [2.05, 4.69) is 15.3 Å². The van der Waals surface area contributed by atoms with Crippen LogP contribution in [0.4, 0.5) is 8.78 Å². The molecular weight excluding hydrogens is 306 g/mol. The lowest BCUT2D eigenvalue weighted by atomic mass is 10.1. The molecule has 2 aromatic carbocycles. The van der Waals surface area contributed by atoms with Gasteiger partial charge in [0.1, 0.15) is 11.5 Å². The van der Waals surface area contributed by atoms with Crippen LogP contribution in [0.2, 0.25) is 0 Å². The first-order chi connectivity index (χ1) is 11.0. The van der Waals surface area contributed by atoms with Crippen molar-refractivity contribution in [2.75, 3.05) is 0 Å². The zero-order valence-electron chi connectivity index (χ0n) is 12.2. The maximum absolute atomic E-state index is 12.2. The quantitative estimate of drug-likeness (QED) is 0.657. The van der Waals surface area contributed by atoms with E-state index in [1.807, 2.05) is 0 Å². The predicted molar refractivity (Wildman–Crippen MR) is 80.9 cm³/mol. The lowest BCUT2D eigenvalue weighted by molar-refractivity contribution is -0.0498. The van der Waals surface area contributed by atoms with Crippen LogP contribution < -0.4 is 10.2 Å². The first-order valence-corrected chi connectivity index (χ1v) is 6.64. The third-order valence-electron chi connectivity index (χ3n) is 2.93. The normalized spacial score (nSPS) is 11.4. The molecule has 0 unspecified atom stereocenters. The van der Waals surface area contributed by atoms with Gasteiger partial charge in [0.05, 0.1) is 5.71 Å². The highest BCUT2D eigenvalue weighted by molar-refractivity contribution is 6.01. The van der Waals surface area contributed by atoms with Crippen molar-refractivity contribution in [3.8, 4) is 11.5 Å². The van der Waals surface area contributed by atoms with Gasteiger partial charge in [0, 0.05) is 11.1 Å². The highest BCUT2D eigenvalue weighted by Gasteiger charge is 2.07. The summed E-state index contributed by atoms with van der Waals surface area (Å²) in [5.74, 6) is -0.390. The SMILES string of the molecule is C/C(=N/NC(=O)c1ccc(O)cc1)c1cccc(OC(F)F)c1. The lowest BCUT2D eigenvalue weighted by Crippen LogP contribution is -2.19. The second-order valence-corrected chi connectivity index (χ2v) is 4.59. The minimum absolute atomic E-state index is 0.0110. The number of hydrogen-bond acceptors (Lipinski definition) is 4. The Morgan fingerprint density at radius 3 is 2.52 bits per heavy atom. The van der Waals surface area contributed by atoms with E-state index < -0.39 is 12.5 Å². The van der Waals surface area contributed by atoms with Gasteiger partial charge in [-0.15, -0.1) is 0 Å². The Hall–Kier alpha value is -2.96. The number of carbonyl (C=O) groups is 1. The summed E-state index contributed by atoms with van der Waals surface area (Å²) < 4.78 is 28.7. The molecule has 0 aromatic heterocycles. The van der Waals surface area contributed by atoms with E-state index in [4.69, 9.17) is 5.11 Å². The molecule has 0 radical (unpaired) electrons. The second-order valence-electron chi connectivity index (χ2n) is 4.59. The topological polar surface area (TPSA) is 70.9 Å². The number of aromatic hydroxyl groups is 1. The fraction of sp³-hybridized carbons (Fsp3) is 0.125.